The lowest BCUT2D eigenvalue weighted by Crippen LogP contribution is -2.49. The number of nitrogens with one attached hydrogen (secondary N) is 1. The minimum Gasteiger partial charge on any atom is -0.508 e. The zero-order chi connectivity index (χ0) is 11.6. The van der Waals surface area contributed by atoms with Crippen molar-refractivity contribution in [1.29, 1.82) is 0 Å². The molecule has 0 aromatic heterocycles. The summed E-state index contributed by atoms with van der Waals surface area (Å²) in [6, 6.07) is 7.22. The van der Waals surface area contributed by atoms with Crippen LogP contribution in [0.1, 0.15) is 18.9 Å². The summed E-state index contributed by atoms with van der Waals surface area (Å²) in [5.74, 6) is 0.531. The number of rotatable bonds is 2. The molecule has 0 spiro atoms. The van der Waals surface area contributed by atoms with Crippen LogP contribution in [0.2, 0.25) is 0 Å². The summed E-state index contributed by atoms with van der Waals surface area (Å²) in [5.41, 5.74) is 0.579. The molecule has 2 rings (SSSR count). The highest BCUT2D eigenvalue weighted by Gasteiger charge is 2.34. The van der Waals surface area contributed by atoms with Crippen molar-refractivity contribution in [2.24, 2.45) is 5.92 Å². The Kier molecular flexibility index (Phi) is 3.17. The van der Waals surface area contributed by atoms with Gasteiger partial charge in [-0.25, -0.2) is 0 Å². The molecule has 1 aromatic carbocycles. The lowest BCUT2D eigenvalue weighted by atomic mass is 9.79. The van der Waals surface area contributed by atoms with Gasteiger partial charge in [0.25, 0.3) is 0 Å². The molecule has 1 fully saturated rings. The van der Waals surface area contributed by atoms with Gasteiger partial charge >= 0.3 is 0 Å². The molecule has 3 heteroatoms. The Morgan fingerprint density at radius 1 is 1.38 bits per heavy atom. The zero-order valence-electron chi connectivity index (χ0n) is 9.61. The maximum atomic E-state index is 10.3. The number of piperidine rings is 1. The van der Waals surface area contributed by atoms with Gasteiger partial charge in [0.05, 0.1) is 5.60 Å². The standard InChI is InChI=1S/C13H19NO2/c1-13(16)6-7-14-9-11(13)8-10-2-4-12(15)5-3-10/h2-5,11,14-16H,6-9H2,1H3. The largest absolute Gasteiger partial charge is 0.508 e. The van der Waals surface area contributed by atoms with Crippen LogP contribution in [0.15, 0.2) is 24.3 Å². The van der Waals surface area contributed by atoms with Crippen molar-refractivity contribution in [2.75, 3.05) is 13.1 Å². The molecule has 1 aromatic rings. The van der Waals surface area contributed by atoms with Crippen molar-refractivity contribution in [2.45, 2.75) is 25.4 Å². The molecule has 0 amide bonds. The van der Waals surface area contributed by atoms with Crippen LogP contribution in [-0.2, 0) is 6.42 Å². The lowest BCUT2D eigenvalue weighted by molar-refractivity contribution is -0.0234. The number of benzene rings is 1. The molecule has 0 saturated carbocycles. The minimum atomic E-state index is -0.580. The molecule has 0 radical (unpaired) electrons. The van der Waals surface area contributed by atoms with E-state index in [1.165, 1.54) is 0 Å². The number of aliphatic hydroxyl groups is 1. The molecular formula is C13H19NO2. The van der Waals surface area contributed by atoms with Crippen LogP contribution < -0.4 is 5.32 Å². The van der Waals surface area contributed by atoms with Gasteiger partial charge in [-0.05, 0) is 44.0 Å². The summed E-state index contributed by atoms with van der Waals surface area (Å²) in [6.07, 6.45) is 1.65. The van der Waals surface area contributed by atoms with E-state index in [4.69, 9.17) is 0 Å². The van der Waals surface area contributed by atoms with Crippen LogP contribution in [-0.4, -0.2) is 28.9 Å². The number of aromatic hydroxyl groups is 1. The van der Waals surface area contributed by atoms with E-state index >= 15 is 0 Å². The zero-order valence-corrected chi connectivity index (χ0v) is 9.61. The maximum absolute atomic E-state index is 10.3. The maximum Gasteiger partial charge on any atom is 0.115 e. The second-order valence-corrected chi connectivity index (χ2v) is 4.88. The summed E-state index contributed by atoms with van der Waals surface area (Å²) in [7, 11) is 0. The van der Waals surface area contributed by atoms with E-state index in [2.05, 4.69) is 5.32 Å². The minimum absolute atomic E-state index is 0.241. The first-order valence-electron chi connectivity index (χ1n) is 5.79. The van der Waals surface area contributed by atoms with Crippen LogP contribution in [0, 0.1) is 5.92 Å². The van der Waals surface area contributed by atoms with E-state index in [1.54, 1.807) is 12.1 Å². The smallest absolute Gasteiger partial charge is 0.115 e. The Balaban J connectivity index is 2.05. The summed E-state index contributed by atoms with van der Waals surface area (Å²) >= 11 is 0. The number of phenols is 1. The van der Waals surface area contributed by atoms with Crippen LogP contribution in [0.25, 0.3) is 0 Å². The highest BCUT2D eigenvalue weighted by atomic mass is 16.3. The molecule has 88 valence electrons. The van der Waals surface area contributed by atoms with Crippen LogP contribution in [0.5, 0.6) is 5.75 Å². The predicted octanol–water partition coefficient (Wildman–Crippen LogP) is 1.30. The summed E-state index contributed by atoms with van der Waals surface area (Å²) < 4.78 is 0. The first-order valence-corrected chi connectivity index (χ1v) is 5.79. The summed E-state index contributed by atoms with van der Waals surface area (Å²) in [5, 5.41) is 22.8. The number of hydrogen-bond acceptors (Lipinski definition) is 3. The second-order valence-electron chi connectivity index (χ2n) is 4.88. The van der Waals surface area contributed by atoms with E-state index in [1.807, 2.05) is 19.1 Å². The molecular weight excluding hydrogens is 202 g/mol. The third-order valence-electron chi connectivity index (χ3n) is 3.50. The highest BCUT2D eigenvalue weighted by molar-refractivity contribution is 5.26. The SMILES string of the molecule is CC1(O)CCNCC1Cc1ccc(O)cc1. The van der Waals surface area contributed by atoms with Gasteiger partial charge in [0.15, 0.2) is 0 Å². The molecule has 2 unspecified atom stereocenters. The van der Waals surface area contributed by atoms with Crippen molar-refractivity contribution in [3.63, 3.8) is 0 Å². The normalized spacial score (nSPS) is 30.2. The first kappa shape index (κ1) is 11.4. The van der Waals surface area contributed by atoms with Gasteiger partial charge in [0.2, 0.25) is 0 Å². The molecule has 2 atom stereocenters. The van der Waals surface area contributed by atoms with Gasteiger partial charge < -0.3 is 15.5 Å². The van der Waals surface area contributed by atoms with E-state index in [-0.39, 0.29) is 11.7 Å². The summed E-state index contributed by atoms with van der Waals surface area (Å²) in [6.45, 7) is 3.66. The Labute approximate surface area is 96.1 Å². The Bertz CT molecular complexity index is 345. The summed E-state index contributed by atoms with van der Waals surface area (Å²) in [4.78, 5) is 0. The Hall–Kier alpha value is -1.06. The monoisotopic (exact) mass is 221 g/mol. The molecule has 0 aliphatic carbocycles. The van der Waals surface area contributed by atoms with Crippen LogP contribution >= 0.6 is 0 Å². The third kappa shape index (κ3) is 2.54. The Morgan fingerprint density at radius 3 is 2.69 bits per heavy atom. The van der Waals surface area contributed by atoms with E-state index < -0.39 is 5.60 Å². The average Bonchev–Trinajstić information content (AvgIpc) is 2.24. The van der Waals surface area contributed by atoms with Crippen molar-refractivity contribution in [3.8, 4) is 5.75 Å². The number of hydrogen-bond donors (Lipinski definition) is 3. The molecule has 16 heavy (non-hydrogen) atoms. The van der Waals surface area contributed by atoms with Crippen molar-refractivity contribution < 1.29 is 10.2 Å². The van der Waals surface area contributed by atoms with Crippen molar-refractivity contribution >= 4 is 0 Å². The van der Waals surface area contributed by atoms with Crippen LogP contribution in [0.4, 0.5) is 0 Å². The molecule has 3 nitrogen and oxygen atoms in total. The van der Waals surface area contributed by atoms with Crippen LogP contribution in [0.3, 0.4) is 0 Å². The van der Waals surface area contributed by atoms with Gasteiger partial charge in [-0.2, -0.15) is 0 Å². The topological polar surface area (TPSA) is 52.5 Å². The molecule has 3 N–H and O–H groups in total. The molecule has 0 bridgehead atoms. The highest BCUT2D eigenvalue weighted by Crippen LogP contribution is 2.27. The van der Waals surface area contributed by atoms with Gasteiger partial charge in [-0.3, -0.25) is 0 Å². The molecule has 1 heterocycles. The van der Waals surface area contributed by atoms with Gasteiger partial charge in [0, 0.05) is 12.5 Å². The van der Waals surface area contributed by atoms with Gasteiger partial charge in [-0.15, -0.1) is 0 Å². The second kappa shape index (κ2) is 4.44. The van der Waals surface area contributed by atoms with E-state index in [9.17, 15) is 10.2 Å². The predicted molar refractivity (Wildman–Crippen MR) is 63.4 cm³/mol. The van der Waals surface area contributed by atoms with Crippen molar-refractivity contribution in [1.82, 2.24) is 5.32 Å². The Morgan fingerprint density at radius 2 is 2.06 bits per heavy atom. The van der Waals surface area contributed by atoms with E-state index in [0.29, 0.717) is 0 Å². The molecule has 1 saturated heterocycles. The molecule has 1 aliphatic heterocycles. The van der Waals surface area contributed by atoms with Gasteiger partial charge in [0.1, 0.15) is 5.75 Å². The quantitative estimate of drug-likeness (QED) is 0.705. The number of phenolic OH excluding ortho intramolecular Hbond substituents is 1. The molecule has 1 aliphatic rings. The third-order valence-corrected chi connectivity index (χ3v) is 3.50. The average molecular weight is 221 g/mol. The fourth-order valence-electron chi connectivity index (χ4n) is 2.25. The lowest BCUT2D eigenvalue weighted by Gasteiger charge is -2.37. The van der Waals surface area contributed by atoms with Crippen molar-refractivity contribution in [3.05, 3.63) is 29.8 Å². The first-order chi connectivity index (χ1) is 7.58. The fourth-order valence-corrected chi connectivity index (χ4v) is 2.25. The van der Waals surface area contributed by atoms with Gasteiger partial charge in [-0.1, -0.05) is 12.1 Å². The van der Waals surface area contributed by atoms with E-state index in [0.717, 1.165) is 31.5 Å². The fraction of sp³-hybridized carbons (Fsp3) is 0.538.